The lowest BCUT2D eigenvalue weighted by Crippen LogP contribution is -2.34. The number of fused-ring (bicyclic) bond motifs is 1. The zero-order valence-corrected chi connectivity index (χ0v) is 19.3. The number of para-hydroxylation sites is 1. The summed E-state index contributed by atoms with van der Waals surface area (Å²) in [5.41, 5.74) is 4.53. The Morgan fingerprint density at radius 2 is 1.55 bits per heavy atom. The Morgan fingerprint density at radius 1 is 0.939 bits per heavy atom. The van der Waals surface area contributed by atoms with Gasteiger partial charge in [-0.2, -0.15) is 0 Å². The van der Waals surface area contributed by atoms with Gasteiger partial charge >= 0.3 is 0 Å². The van der Waals surface area contributed by atoms with Gasteiger partial charge in [0.15, 0.2) is 0 Å². The maximum atomic E-state index is 13.8. The van der Waals surface area contributed by atoms with Crippen LogP contribution in [0.3, 0.4) is 0 Å². The van der Waals surface area contributed by atoms with Crippen molar-refractivity contribution < 1.29 is 9.44 Å². The van der Waals surface area contributed by atoms with Gasteiger partial charge in [-0.15, -0.1) is 0 Å². The van der Waals surface area contributed by atoms with Gasteiger partial charge in [0.25, 0.3) is 5.91 Å². The zero-order chi connectivity index (χ0) is 23.4. The molecule has 3 aromatic carbocycles. The van der Waals surface area contributed by atoms with Crippen molar-refractivity contribution >= 4 is 16.8 Å². The van der Waals surface area contributed by atoms with E-state index in [-0.39, 0.29) is 18.5 Å². The first-order chi connectivity index (χ1) is 15.9. The number of benzene rings is 3. The fourth-order valence-electron chi connectivity index (χ4n) is 4.22. The minimum absolute atomic E-state index is 0.131. The van der Waals surface area contributed by atoms with Gasteiger partial charge in [0.2, 0.25) is 0 Å². The molecule has 0 fully saturated rings. The summed E-state index contributed by atoms with van der Waals surface area (Å²) in [6, 6.07) is 27.2. The Kier molecular flexibility index (Phi) is 6.54. The molecular weight excluding hydrogens is 410 g/mol. The molecule has 0 bridgehead atoms. The van der Waals surface area contributed by atoms with E-state index in [0.29, 0.717) is 16.8 Å². The van der Waals surface area contributed by atoms with Crippen LogP contribution in [0.25, 0.3) is 22.2 Å². The lowest BCUT2D eigenvalue weighted by atomic mass is 9.95. The van der Waals surface area contributed by atoms with E-state index in [1.807, 2.05) is 84.9 Å². The normalized spacial score (nSPS) is 12.5. The largest absolute Gasteiger partial charge is 0.633 e. The molecule has 0 aliphatic rings. The van der Waals surface area contributed by atoms with Gasteiger partial charge in [-0.1, -0.05) is 85.8 Å². The Bertz CT molecular complexity index is 1250. The number of nitrogens with zero attached hydrogens (tertiary/aromatic N) is 2. The highest BCUT2D eigenvalue weighted by molar-refractivity contribution is 6.09. The fourth-order valence-corrected chi connectivity index (χ4v) is 4.22. The van der Waals surface area contributed by atoms with Crippen molar-refractivity contribution in [1.82, 2.24) is 10.3 Å². The molecule has 5 heteroatoms. The van der Waals surface area contributed by atoms with Crippen LogP contribution in [0.1, 0.15) is 40.9 Å². The maximum absolute atomic E-state index is 13.8. The standard InChI is InChI=1S/C28H29N3O2/c1-4-24(20-13-7-5-8-14-20)30-28(32)26-22-17-11-12-18-25(22)29-27(21-15-9-6-10-16-21)23(26)19-31(2,3)33/h5-18,24H,4,19H2,1-3H3,(H,30,32). The molecule has 168 valence electrons. The molecule has 1 unspecified atom stereocenters. The summed E-state index contributed by atoms with van der Waals surface area (Å²) < 4.78 is -0.559. The summed E-state index contributed by atoms with van der Waals surface area (Å²) in [4.78, 5) is 18.7. The Hall–Kier alpha value is -3.54. The molecule has 4 rings (SSSR count). The molecular formula is C28H29N3O2. The molecule has 0 aliphatic carbocycles. The number of hydrogen-bond donors (Lipinski definition) is 1. The fraction of sp³-hybridized carbons (Fsp3) is 0.214. The number of quaternary nitrogens is 1. The van der Waals surface area contributed by atoms with Crippen LogP contribution in [0.15, 0.2) is 84.9 Å². The first-order valence-electron chi connectivity index (χ1n) is 11.2. The third-order valence-corrected chi connectivity index (χ3v) is 5.72. The first-order valence-corrected chi connectivity index (χ1v) is 11.2. The van der Waals surface area contributed by atoms with Crippen LogP contribution >= 0.6 is 0 Å². The van der Waals surface area contributed by atoms with Crippen LogP contribution in [0.5, 0.6) is 0 Å². The molecule has 0 spiro atoms. The number of aromatic nitrogens is 1. The van der Waals surface area contributed by atoms with Crippen LogP contribution in [-0.4, -0.2) is 29.6 Å². The molecule has 4 aromatic rings. The number of rotatable bonds is 7. The van der Waals surface area contributed by atoms with Crippen molar-refractivity contribution in [3.05, 3.63) is 107 Å². The molecule has 0 radical (unpaired) electrons. The Morgan fingerprint density at radius 3 is 2.18 bits per heavy atom. The topological polar surface area (TPSA) is 65.0 Å². The molecule has 0 aliphatic heterocycles. The van der Waals surface area contributed by atoms with Crippen molar-refractivity contribution in [2.24, 2.45) is 0 Å². The highest BCUT2D eigenvalue weighted by Crippen LogP contribution is 2.32. The third-order valence-electron chi connectivity index (χ3n) is 5.72. The highest BCUT2D eigenvalue weighted by Gasteiger charge is 2.26. The summed E-state index contributed by atoms with van der Waals surface area (Å²) in [6.45, 7) is 2.18. The molecule has 0 saturated carbocycles. The maximum Gasteiger partial charge on any atom is 0.253 e. The molecule has 1 heterocycles. The zero-order valence-electron chi connectivity index (χ0n) is 19.3. The predicted molar refractivity (Wildman–Crippen MR) is 133 cm³/mol. The van der Waals surface area contributed by atoms with Crippen LogP contribution in [0.2, 0.25) is 0 Å². The second kappa shape index (κ2) is 9.53. The van der Waals surface area contributed by atoms with Crippen molar-refractivity contribution in [3.63, 3.8) is 0 Å². The molecule has 1 N–H and O–H groups in total. The average Bonchev–Trinajstić information content (AvgIpc) is 2.82. The lowest BCUT2D eigenvalue weighted by Gasteiger charge is -2.35. The third kappa shape index (κ3) is 5.11. The monoisotopic (exact) mass is 439 g/mol. The average molecular weight is 440 g/mol. The van der Waals surface area contributed by atoms with E-state index in [0.717, 1.165) is 28.5 Å². The first kappa shape index (κ1) is 22.6. The van der Waals surface area contributed by atoms with Gasteiger partial charge in [0.1, 0.15) is 6.54 Å². The summed E-state index contributed by atoms with van der Waals surface area (Å²) in [7, 11) is 3.18. The van der Waals surface area contributed by atoms with E-state index in [2.05, 4.69) is 12.2 Å². The predicted octanol–water partition coefficient (Wildman–Crippen LogP) is 5.86. The number of hydrogen-bond acceptors (Lipinski definition) is 3. The van der Waals surface area contributed by atoms with E-state index in [4.69, 9.17) is 4.98 Å². The van der Waals surface area contributed by atoms with E-state index in [1.54, 1.807) is 14.1 Å². The minimum Gasteiger partial charge on any atom is -0.633 e. The molecule has 1 aromatic heterocycles. The number of carbonyl (C=O) groups excluding carboxylic acids is 1. The van der Waals surface area contributed by atoms with Gasteiger partial charge in [0, 0.05) is 16.5 Å². The second-order valence-corrected chi connectivity index (χ2v) is 8.77. The summed E-state index contributed by atoms with van der Waals surface area (Å²) in [6.07, 6.45) is 0.753. The lowest BCUT2D eigenvalue weighted by molar-refractivity contribution is -0.853. The summed E-state index contributed by atoms with van der Waals surface area (Å²) >= 11 is 0. The SMILES string of the molecule is CCC(NC(=O)c1c(C[N+](C)(C)[O-])c(-c2ccccc2)nc2ccccc12)c1ccccc1. The summed E-state index contributed by atoms with van der Waals surface area (Å²) in [5, 5.41) is 16.8. The van der Waals surface area contributed by atoms with Gasteiger partial charge in [-0.25, -0.2) is 4.98 Å². The van der Waals surface area contributed by atoms with Crippen molar-refractivity contribution in [3.8, 4) is 11.3 Å². The van der Waals surface area contributed by atoms with Gasteiger partial charge in [0.05, 0.1) is 36.9 Å². The smallest absolute Gasteiger partial charge is 0.253 e. The molecule has 0 saturated heterocycles. The Balaban J connectivity index is 1.91. The Labute approximate surface area is 194 Å². The molecule has 1 atom stereocenters. The van der Waals surface area contributed by atoms with Crippen molar-refractivity contribution in [2.45, 2.75) is 25.9 Å². The van der Waals surface area contributed by atoms with Gasteiger partial charge < -0.3 is 15.2 Å². The number of hydroxylamine groups is 3. The van der Waals surface area contributed by atoms with Crippen LogP contribution in [0.4, 0.5) is 0 Å². The molecule has 1 amide bonds. The van der Waals surface area contributed by atoms with E-state index >= 15 is 0 Å². The molecule has 33 heavy (non-hydrogen) atoms. The van der Waals surface area contributed by atoms with Crippen LogP contribution < -0.4 is 5.32 Å². The van der Waals surface area contributed by atoms with E-state index in [1.165, 1.54) is 0 Å². The van der Waals surface area contributed by atoms with Crippen molar-refractivity contribution in [1.29, 1.82) is 0 Å². The number of amides is 1. The number of carbonyl (C=O) groups is 1. The summed E-state index contributed by atoms with van der Waals surface area (Å²) in [5.74, 6) is -0.190. The number of pyridine rings is 1. The van der Waals surface area contributed by atoms with Gasteiger partial charge in [-0.3, -0.25) is 4.79 Å². The van der Waals surface area contributed by atoms with Crippen LogP contribution in [0, 0.1) is 5.21 Å². The van der Waals surface area contributed by atoms with Gasteiger partial charge in [-0.05, 0) is 18.1 Å². The van der Waals surface area contributed by atoms with Crippen molar-refractivity contribution in [2.75, 3.05) is 14.1 Å². The highest BCUT2D eigenvalue weighted by atomic mass is 16.5. The quantitative estimate of drug-likeness (QED) is 0.290. The number of nitrogens with one attached hydrogen (secondary N) is 1. The van der Waals surface area contributed by atoms with Crippen LogP contribution in [-0.2, 0) is 6.54 Å². The molecule has 5 nitrogen and oxygen atoms in total. The van der Waals surface area contributed by atoms with E-state index < -0.39 is 4.65 Å². The second-order valence-electron chi connectivity index (χ2n) is 8.77. The van der Waals surface area contributed by atoms with E-state index in [9.17, 15) is 10.0 Å². The minimum atomic E-state index is -0.559.